The maximum Gasteiger partial charge on any atom is 0.266 e. The maximum atomic E-state index is 12.8. The molecule has 0 aliphatic carbocycles. The van der Waals surface area contributed by atoms with Crippen LogP contribution in [0.3, 0.4) is 0 Å². The minimum Gasteiger partial charge on any atom is -0.292 e. The number of imide groups is 1. The van der Waals surface area contributed by atoms with Gasteiger partial charge in [-0.15, -0.1) is 0 Å². The molecule has 0 aromatic heterocycles. The first-order valence-corrected chi connectivity index (χ1v) is 6.56. The van der Waals surface area contributed by atoms with Crippen LogP contribution in [-0.4, -0.2) is 11.8 Å². The predicted molar refractivity (Wildman–Crippen MR) is 75.1 cm³/mol. The zero-order valence-electron chi connectivity index (χ0n) is 11.3. The van der Waals surface area contributed by atoms with Crippen molar-refractivity contribution in [2.24, 2.45) is 0 Å². The van der Waals surface area contributed by atoms with Gasteiger partial charge in [0.05, 0.1) is 16.8 Å². The molecule has 5 heteroatoms. The Bertz CT molecular complexity index is 707. The molecule has 3 rings (SSSR count). The Morgan fingerprint density at radius 1 is 1.05 bits per heavy atom. The Morgan fingerprint density at radius 3 is 2.19 bits per heavy atom. The summed E-state index contributed by atoms with van der Waals surface area (Å²) >= 11 is 0. The van der Waals surface area contributed by atoms with Gasteiger partial charge in [0.2, 0.25) is 0 Å². The van der Waals surface area contributed by atoms with Crippen molar-refractivity contribution in [1.29, 1.82) is 0 Å². The van der Waals surface area contributed by atoms with E-state index in [9.17, 15) is 14.1 Å². The van der Waals surface area contributed by atoms with E-state index in [2.05, 4.69) is 4.94 Å². The van der Waals surface area contributed by atoms with Gasteiger partial charge in [-0.1, -0.05) is 25.1 Å². The molecule has 0 atom stereocenters. The summed E-state index contributed by atoms with van der Waals surface area (Å²) in [5.41, 5.74) is 1.59. The summed E-state index contributed by atoms with van der Waals surface area (Å²) in [5, 5.41) is 0. The lowest BCUT2D eigenvalue weighted by atomic mass is 10.1. The Labute approximate surface area is 120 Å². The maximum absolute atomic E-state index is 12.8. The number of rotatable bonds is 3. The zero-order valence-corrected chi connectivity index (χ0v) is 11.3. The standard InChI is InChI=1S/C16H12FNO3/c1-2-10-7-8-13(14(9-10)21-17)18-15(19)11-5-3-4-6-12(11)16(18)20/h3-9H,2H2,1H3. The van der Waals surface area contributed by atoms with Gasteiger partial charge in [0.1, 0.15) is 0 Å². The molecule has 0 saturated carbocycles. The van der Waals surface area contributed by atoms with Crippen LogP contribution in [0.2, 0.25) is 0 Å². The van der Waals surface area contributed by atoms with Gasteiger partial charge >= 0.3 is 0 Å². The summed E-state index contributed by atoms with van der Waals surface area (Å²) in [6.07, 6.45) is 0.693. The van der Waals surface area contributed by atoms with Crippen molar-refractivity contribution in [2.45, 2.75) is 13.3 Å². The quantitative estimate of drug-likeness (QED) is 0.813. The van der Waals surface area contributed by atoms with Crippen LogP contribution in [0.1, 0.15) is 33.2 Å². The lowest BCUT2D eigenvalue weighted by Crippen LogP contribution is -2.29. The van der Waals surface area contributed by atoms with E-state index in [0.29, 0.717) is 17.5 Å². The molecule has 21 heavy (non-hydrogen) atoms. The summed E-state index contributed by atoms with van der Waals surface area (Å²) in [4.78, 5) is 29.5. The lowest BCUT2D eigenvalue weighted by molar-refractivity contribution is -0.00562. The Kier molecular flexibility index (Phi) is 3.17. The average Bonchev–Trinajstić information content (AvgIpc) is 2.79. The zero-order chi connectivity index (χ0) is 15.0. The van der Waals surface area contributed by atoms with E-state index >= 15 is 0 Å². The first-order chi connectivity index (χ1) is 10.2. The van der Waals surface area contributed by atoms with E-state index < -0.39 is 11.8 Å². The van der Waals surface area contributed by atoms with E-state index in [0.717, 1.165) is 10.5 Å². The molecule has 0 N–H and O–H groups in total. The Balaban J connectivity index is 2.11. The Hall–Kier alpha value is -2.69. The van der Waals surface area contributed by atoms with Gasteiger partial charge < -0.3 is 0 Å². The molecule has 2 aromatic carbocycles. The van der Waals surface area contributed by atoms with Crippen molar-refractivity contribution < 1.29 is 19.1 Å². The molecule has 106 valence electrons. The third kappa shape index (κ3) is 1.98. The van der Waals surface area contributed by atoms with E-state index in [-0.39, 0.29) is 11.4 Å². The minimum absolute atomic E-state index is 0.112. The minimum atomic E-state index is -0.474. The van der Waals surface area contributed by atoms with Crippen LogP contribution >= 0.6 is 0 Å². The second kappa shape index (κ2) is 5.01. The van der Waals surface area contributed by atoms with Gasteiger partial charge in [0, 0.05) is 4.53 Å². The smallest absolute Gasteiger partial charge is 0.266 e. The van der Waals surface area contributed by atoms with Crippen LogP contribution in [0.15, 0.2) is 42.5 Å². The predicted octanol–water partition coefficient (Wildman–Crippen LogP) is 3.31. The number of nitrogens with zero attached hydrogens (tertiary/aromatic N) is 1. The second-order valence-corrected chi connectivity index (χ2v) is 4.72. The van der Waals surface area contributed by atoms with Gasteiger partial charge in [-0.2, -0.15) is 0 Å². The monoisotopic (exact) mass is 285 g/mol. The lowest BCUT2D eigenvalue weighted by Gasteiger charge is -2.16. The summed E-state index contributed by atoms with van der Waals surface area (Å²) in [5.74, 6) is -1.08. The molecule has 0 unspecified atom stereocenters. The number of carbonyl (C=O) groups excluding carboxylic acids is 2. The van der Waals surface area contributed by atoms with Crippen LogP contribution in [0, 0.1) is 0 Å². The number of benzene rings is 2. The van der Waals surface area contributed by atoms with E-state index in [1.54, 1.807) is 30.3 Å². The van der Waals surface area contributed by atoms with E-state index in [1.165, 1.54) is 12.1 Å². The Morgan fingerprint density at radius 2 is 1.67 bits per heavy atom. The van der Waals surface area contributed by atoms with Gasteiger partial charge in [-0.05, 0) is 36.2 Å². The summed E-state index contributed by atoms with van der Waals surface area (Å²) < 4.78 is 12.8. The molecule has 0 fully saturated rings. The van der Waals surface area contributed by atoms with Crippen LogP contribution in [-0.2, 0) is 6.42 Å². The fraction of sp³-hybridized carbons (Fsp3) is 0.125. The van der Waals surface area contributed by atoms with Crippen LogP contribution < -0.4 is 9.84 Å². The summed E-state index contributed by atoms with van der Waals surface area (Å²) in [6, 6.07) is 11.3. The van der Waals surface area contributed by atoms with Gasteiger partial charge in [-0.3, -0.25) is 14.5 Å². The summed E-state index contributed by atoms with van der Waals surface area (Å²) in [7, 11) is 0. The number of hydrogen-bond acceptors (Lipinski definition) is 3. The molecule has 4 nitrogen and oxygen atoms in total. The van der Waals surface area contributed by atoms with Crippen molar-refractivity contribution in [3.63, 3.8) is 0 Å². The number of hydrogen-bond donors (Lipinski definition) is 0. The highest BCUT2D eigenvalue weighted by atomic mass is 19.3. The molecule has 0 spiro atoms. The van der Waals surface area contributed by atoms with Crippen LogP contribution in [0.25, 0.3) is 0 Å². The summed E-state index contributed by atoms with van der Waals surface area (Å²) in [6.45, 7) is 1.92. The number of fused-ring (bicyclic) bond motifs is 1. The van der Waals surface area contributed by atoms with Gasteiger partial charge in [0.15, 0.2) is 5.75 Å². The topological polar surface area (TPSA) is 46.6 Å². The SMILES string of the molecule is CCc1ccc(N2C(=O)c3ccccc3C2=O)c(OF)c1. The van der Waals surface area contributed by atoms with Gasteiger partial charge in [-0.25, -0.2) is 4.90 Å². The van der Waals surface area contributed by atoms with E-state index in [4.69, 9.17) is 0 Å². The first kappa shape index (κ1) is 13.3. The molecule has 1 heterocycles. The number of carbonyl (C=O) groups is 2. The number of anilines is 1. The van der Waals surface area contributed by atoms with Crippen molar-refractivity contribution >= 4 is 17.5 Å². The number of amides is 2. The molecule has 2 aromatic rings. The van der Waals surface area contributed by atoms with Crippen molar-refractivity contribution in [1.82, 2.24) is 0 Å². The fourth-order valence-corrected chi connectivity index (χ4v) is 2.43. The molecule has 0 radical (unpaired) electrons. The normalized spacial score (nSPS) is 13.5. The third-order valence-electron chi connectivity index (χ3n) is 3.55. The molecule has 0 bridgehead atoms. The molecule has 1 aliphatic heterocycles. The molecule has 1 aliphatic rings. The molecular formula is C16H12FNO3. The highest BCUT2D eigenvalue weighted by Gasteiger charge is 2.37. The number of halogens is 1. The van der Waals surface area contributed by atoms with Crippen molar-refractivity contribution in [3.05, 3.63) is 59.2 Å². The number of aryl methyl sites for hydroxylation is 1. The molecular weight excluding hydrogens is 273 g/mol. The van der Waals surface area contributed by atoms with Crippen LogP contribution in [0.5, 0.6) is 5.75 Å². The van der Waals surface area contributed by atoms with E-state index in [1.807, 2.05) is 6.92 Å². The van der Waals surface area contributed by atoms with Crippen LogP contribution in [0.4, 0.5) is 10.2 Å². The molecule has 2 amide bonds. The fourth-order valence-electron chi connectivity index (χ4n) is 2.43. The average molecular weight is 285 g/mol. The van der Waals surface area contributed by atoms with Crippen molar-refractivity contribution in [3.8, 4) is 5.75 Å². The van der Waals surface area contributed by atoms with Crippen molar-refractivity contribution in [2.75, 3.05) is 4.90 Å². The first-order valence-electron chi connectivity index (χ1n) is 6.56. The van der Waals surface area contributed by atoms with Gasteiger partial charge in [0.25, 0.3) is 11.8 Å². The third-order valence-corrected chi connectivity index (χ3v) is 3.55. The second-order valence-electron chi connectivity index (χ2n) is 4.72. The highest BCUT2D eigenvalue weighted by molar-refractivity contribution is 6.34. The molecule has 0 saturated heterocycles. The highest BCUT2D eigenvalue weighted by Crippen LogP contribution is 2.35. The largest absolute Gasteiger partial charge is 0.292 e.